The molecule has 3 heterocycles. The van der Waals surface area contributed by atoms with E-state index in [4.69, 9.17) is 0 Å². The Bertz CT molecular complexity index is 628. The maximum Gasteiger partial charge on any atom is 0.254 e. The second-order valence-corrected chi connectivity index (χ2v) is 5.60. The van der Waals surface area contributed by atoms with E-state index in [0.717, 1.165) is 36.4 Å². The molecule has 1 fully saturated rings. The van der Waals surface area contributed by atoms with E-state index in [2.05, 4.69) is 38.2 Å². The maximum atomic E-state index is 4.41. The zero-order valence-corrected chi connectivity index (χ0v) is 11.0. The number of rotatable bonds is 1. The van der Waals surface area contributed by atoms with Crippen LogP contribution in [0.1, 0.15) is 18.5 Å². The third-order valence-corrected chi connectivity index (χ3v) is 4.31. The van der Waals surface area contributed by atoms with Crippen molar-refractivity contribution in [3.8, 4) is 0 Å². The Hall–Kier alpha value is -1.91. The molecule has 2 aromatic heterocycles. The molecular weight excluding hydrogens is 238 g/mol. The van der Waals surface area contributed by atoms with Crippen LogP contribution >= 0.6 is 0 Å². The number of aryl methyl sites for hydroxylation is 1. The van der Waals surface area contributed by atoms with Crippen molar-refractivity contribution in [2.75, 3.05) is 18.0 Å². The molecular formula is C14H17N5. The van der Waals surface area contributed by atoms with E-state index < -0.39 is 0 Å². The summed E-state index contributed by atoms with van der Waals surface area (Å²) in [6.45, 7) is 4.25. The summed E-state index contributed by atoms with van der Waals surface area (Å²) in [6.07, 6.45) is 8.66. The Labute approximate surface area is 112 Å². The molecule has 1 aliphatic heterocycles. The third kappa shape index (κ3) is 1.72. The highest BCUT2D eigenvalue weighted by Gasteiger charge is 2.33. The second kappa shape index (κ2) is 4.05. The zero-order chi connectivity index (χ0) is 12.8. The molecule has 0 bridgehead atoms. The second-order valence-electron chi connectivity index (χ2n) is 5.60. The van der Waals surface area contributed by atoms with E-state index >= 15 is 0 Å². The van der Waals surface area contributed by atoms with Crippen LogP contribution in [0.5, 0.6) is 0 Å². The SMILES string of the molecule is Cc1cc(N2C[C@H]3CC=CC[C@@H]3C2)n2ncnc2n1. The van der Waals surface area contributed by atoms with Crippen LogP contribution in [0, 0.1) is 18.8 Å². The molecule has 1 saturated heterocycles. The molecule has 4 rings (SSSR count). The van der Waals surface area contributed by atoms with Crippen LogP contribution in [0.15, 0.2) is 24.5 Å². The van der Waals surface area contributed by atoms with Crippen molar-refractivity contribution in [3.05, 3.63) is 30.2 Å². The van der Waals surface area contributed by atoms with Crippen LogP contribution in [0.3, 0.4) is 0 Å². The molecule has 0 unspecified atom stereocenters. The van der Waals surface area contributed by atoms with Crippen molar-refractivity contribution < 1.29 is 0 Å². The van der Waals surface area contributed by atoms with Gasteiger partial charge in [-0.25, -0.2) is 4.98 Å². The van der Waals surface area contributed by atoms with E-state index in [1.54, 1.807) is 6.33 Å². The van der Waals surface area contributed by atoms with Crippen molar-refractivity contribution >= 4 is 11.6 Å². The van der Waals surface area contributed by atoms with Crippen LogP contribution in [0.25, 0.3) is 5.78 Å². The minimum absolute atomic E-state index is 0.697. The van der Waals surface area contributed by atoms with Crippen LogP contribution in [-0.4, -0.2) is 32.7 Å². The highest BCUT2D eigenvalue weighted by atomic mass is 15.4. The Balaban J connectivity index is 1.73. The molecule has 2 aromatic rings. The fourth-order valence-corrected chi connectivity index (χ4v) is 3.34. The van der Waals surface area contributed by atoms with Crippen LogP contribution in [0.4, 0.5) is 5.82 Å². The lowest BCUT2D eigenvalue weighted by Gasteiger charge is -2.19. The van der Waals surface area contributed by atoms with E-state index in [1.807, 2.05) is 11.4 Å². The van der Waals surface area contributed by atoms with Crippen LogP contribution in [-0.2, 0) is 0 Å². The first-order valence-electron chi connectivity index (χ1n) is 6.88. The van der Waals surface area contributed by atoms with Gasteiger partial charge in [-0.3, -0.25) is 0 Å². The zero-order valence-electron chi connectivity index (χ0n) is 11.0. The van der Waals surface area contributed by atoms with E-state index in [9.17, 15) is 0 Å². The van der Waals surface area contributed by atoms with Gasteiger partial charge >= 0.3 is 0 Å². The molecule has 0 saturated carbocycles. The lowest BCUT2D eigenvalue weighted by molar-refractivity contribution is 0.411. The normalized spacial score (nSPS) is 26.1. The minimum atomic E-state index is 0.697. The highest BCUT2D eigenvalue weighted by molar-refractivity contribution is 5.48. The number of hydrogen-bond acceptors (Lipinski definition) is 4. The Morgan fingerprint density at radius 3 is 2.63 bits per heavy atom. The lowest BCUT2D eigenvalue weighted by Crippen LogP contribution is -2.23. The molecule has 0 aromatic carbocycles. The van der Waals surface area contributed by atoms with Gasteiger partial charge < -0.3 is 4.90 Å². The highest BCUT2D eigenvalue weighted by Crippen LogP contribution is 2.35. The van der Waals surface area contributed by atoms with Gasteiger partial charge in [0.2, 0.25) is 0 Å². The average Bonchev–Trinajstić information content (AvgIpc) is 3.03. The summed E-state index contributed by atoms with van der Waals surface area (Å²) < 4.78 is 1.86. The Morgan fingerprint density at radius 1 is 1.16 bits per heavy atom. The van der Waals surface area contributed by atoms with E-state index in [1.165, 1.54) is 12.8 Å². The molecule has 98 valence electrons. The molecule has 19 heavy (non-hydrogen) atoms. The van der Waals surface area contributed by atoms with E-state index in [0.29, 0.717) is 5.78 Å². The topological polar surface area (TPSA) is 46.3 Å². The standard InChI is InChI=1S/C14H17N5/c1-10-6-13(19-14(17-10)15-9-16-19)18-7-11-4-2-3-5-12(11)8-18/h2-3,6,9,11-12H,4-5,7-8H2,1H3/t11-,12-/m1/s1. The number of nitrogens with zero attached hydrogens (tertiary/aromatic N) is 5. The van der Waals surface area contributed by atoms with Gasteiger partial charge in [0, 0.05) is 24.8 Å². The lowest BCUT2D eigenvalue weighted by atomic mass is 9.86. The first kappa shape index (κ1) is 11.0. The Kier molecular flexibility index (Phi) is 2.33. The fourth-order valence-electron chi connectivity index (χ4n) is 3.34. The number of allylic oxidation sites excluding steroid dienone is 2. The summed E-state index contributed by atoms with van der Waals surface area (Å²) in [5.74, 6) is 3.41. The van der Waals surface area contributed by atoms with Crippen molar-refractivity contribution in [1.82, 2.24) is 19.6 Å². The number of hydrogen-bond donors (Lipinski definition) is 0. The van der Waals surface area contributed by atoms with E-state index in [-0.39, 0.29) is 0 Å². The molecule has 2 atom stereocenters. The number of anilines is 1. The monoisotopic (exact) mass is 255 g/mol. The minimum Gasteiger partial charge on any atom is -0.356 e. The van der Waals surface area contributed by atoms with Crippen molar-refractivity contribution in [1.29, 1.82) is 0 Å². The number of aromatic nitrogens is 4. The van der Waals surface area contributed by atoms with Crippen molar-refractivity contribution in [3.63, 3.8) is 0 Å². The summed E-state index contributed by atoms with van der Waals surface area (Å²) in [7, 11) is 0. The summed E-state index contributed by atoms with van der Waals surface area (Å²) >= 11 is 0. The first-order chi connectivity index (χ1) is 9.31. The van der Waals surface area contributed by atoms with Crippen LogP contribution < -0.4 is 4.90 Å². The van der Waals surface area contributed by atoms with Gasteiger partial charge in [-0.2, -0.15) is 14.6 Å². The molecule has 0 spiro atoms. The van der Waals surface area contributed by atoms with Gasteiger partial charge in [0.25, 0.3) is 5.78 Å². The van der Waals surface area contributed by atoms with Gasteiger partial charge in [0.1, 0.15) is 12.1 Å². The quantitative estimate of drug-likeness (QED) is 0.729. The summed E-state index contributed by atoms with van der Waals surface area (Å²) in [5, 5.41) is 4.31. The Morgan fingerprint density at radius 2 is 1.89 bits per heavy atom. The molecule has 0 amide bonds. The molecule has 5 heteroatoms. The first-order valence-corrected chi connectivity index (χ1v) is 6.88. The fraction of sp³-hybridized carbons (Fsp3) is 0.500. The van der Waals surface area contributed by atoms with Crippen molar-refractivity contribution in [2.24, 2.45) is 11.8 Å². The summed E-state index contributed by atoms with van der Waals surface area (Å²) in [4.78, 5) is 11.1. The average molecular weight is 255 g/mol. The summed E-state index contributed by atoms with van der Waals surface area (Å²) in [5.41, 5.74) is 1.00. The molecule has 0 radical (unpaired) electrons. The molecule has 1 aliphatic carbocycles. The molecule has 2 aliphatic rings. The largest absolute Gasteiger partial charge is 0.356 e. The van der Waals surface area contributed by atoms with Gasteiger partial charge in [-0.1, -0.05) is 12.2 Å². The predicted octanol–water partition coefficient (Wildman–Crippen LogP) is 1.84. The van der Waals surface area contributed by atoms with Gasteiger partial charge in [0.05, 0.1) is 0 Å². The molecule has 5 nitrogen and oxygen atoms in total. The van der Waals surface area contributed by atoms with Gasteiger partial charge in [0.15, 0.2) is 0 Å². The van der Waals surface area contributed by atoms with Crippen LogP contribution in [0.2, 0.25) is 0 Å². The van der Waals surface area contributed by atoms with Gasteiger partial charge in [-0.05, 0) is 31.6 Å². The maximum absolute atomic E-state index is 4.41. The number of fused-ring (bicyclic) bond motifs is 2. The van der Waals surface area contributed by atoms with Crippen molar-refractivity contribution in [2.45, 2.75) is 19.8 Å². The molecule has 0 N–H and O–H groups in total. The summed E-state index contributed by atoms with van der Waals surface area (Å²) in [6, 6.07) is 2.12. The third-order valence-electron chi connectivity index (χ3n) is 4.31. The van der Waals surface area contributed by atoms with Gasteiger partial charge in [-0.15, -0.1) is 0 Å². The smallest absolute Gasteiger partial charge is 0.254 e. The predicted molar refractivity (Wildman–Crippen MR) is 73.1 cm³/mol.